The van der Waals surface area contributed by atoms with E-state index in [-0.39, 0.29) is 17.5 Å². The lowest BCUT2D eigenvalue weighted by Gasteiger charge is -2.11. The minimum atomic E-state index is -0.458. The third-order valence-corrected chi connectivity index (χ3v) is 2.49. The topological polar surface area (TPSA) is 85.9 Å². The van der Waals surface area contributed by atoms with Gasteiger partial charge in [0.1, 0.15) is 6.20 Å². The zero-order chi connectivity index (χ0) is 13.1. The molecule has 1 unspecified atom stereocenters. The van der Waals surface area contributed by atoms with E-state index in [1.807, 2.05) is 25.1 Å². The number of aryl methyl sites for hydroxylation is 1. The molecule has 0 saturated heterocycles. The normalized spacial score (nSPS) is 12.1. The van der Waals surface area contributed by atoms with Crippen molar-refractivity contribution in [3.8, 4) is 0 Å². The molecule has 94 valence electrons. The van der Waals surface area contributed by atoms with Crippen molar-refractivity contribution < 1.29 is 4.92 Å². The van der Waals surface area contributed by atoms with Gasteiger partial charge in [-0.15, -0.1) is 5.10 Å². The highest BCUT2D eigenvalue weighted by Crippen LogP contribution is 2.25. The molecule has 2 aromatic rings. The highest BCUT2D eigenvalue weighted by molar-refractivity contribution is 5.55. The van der Waals surface area contributed by atoms with Gasteiger partial charge in [-0.1, -0.05) is 6.07 Å². The highest BCUT2D eigenvalue weighted by atomic mass is 16.6. The monoisotopic (exact) mass is 247 g/mol. The van der Waals surface area contributed by atoms with Crippen LogP contribution >= 0.6 is 0 Å². The molecule has 1 N–H and O–H groups in total. The third kappa shape index (κ3) is 2.45. The van der Waals surface area contributed by atoms with Gasteiger partial charge in [0.25, 0.3) is 0 Å². The summed E-state index contributed by atoms with van der Waals surface area (Å²) in [5.41, 5.74) is 0.762. The number of anilines is 1. The van der Waals surface area contributed by atoms with Gasteiger partial charge in [0.15, 0.2) is 0 Å². The molecule has 0 aliphatic heterocycles. The lowest BCUT2D eigenvalue weighted by atomic mass is 10.2. The lowest BCUT2D eigenvalue weighted by molar-refractivity contribution is -0.384. The summed E-state index contributed by atoms with van der Waals surface area (Å²) >= 11 is 0. The first-order valence-corrected chi connectivity index (χ1v) is 5.43. The number of nitrogens with zero attached hydrogens (tertiary/aromatic N) is 4. The van der Waals surface area contributed by atoms with Crippen LogP contribution in [-0.4, -0.2) is 19.7 Å². The second kappa shape index (κ2) is 4.82. The van der Waals surface area contributed by atoms with Crippen molar-refractivity contribution in [2.24, 2.45) is 7.05 Å². The maximum absolute atomic E-state index is 10.8. The molecule has 0 bridgehead atoms. The Labute approximate surface area is 104 Å². The van der Waals surface area contributed by atoms with Crippen molar-refractivity contribution in [3.63, 3.8) is 0 Å². The van der Waals surface area contributed by atoms with E-state index in [1.165, 1.54) is 10.9 Å². The van der Waals surface area contributed by atoms with Crippen LogP contribution in [0.15, 0.2) is 30.6 Å². The number of nitrogens with one attached hydrogen (secondary N) is 1. The van der Waals surface area contributed by atoms with Crippen molar-refractivity contribution in [3.05, 3.63) is 46.4 Å². The number of aromatic nitrogens is 3. The molecular formula is C11H13N5O2. The Bertz CT molecular complexity index is 552. The fourth-order valence-electron chi connectivity index (χ4n) is 1.62. The lowest BCUT2D eigenvalue weighted by Crippen LogP contribution is -2.10. The Morgan fingerprint density at radius 3 is 2.89 bits per heavy atom. The molecule has 0 amide bonds. The average molecular weight is 247 g/mol. The first-order chi connectivity index (χ1) is 8.58. The van der Waals surface area contributed by atoms with Gasteiger partial charge in [-0.2, -0.15) is 0 Å². The molecule has 2 aromatic heterocycles. The maximum Gasteiger partial charge on any atom is 0.330 e. The van der Waals surface area contributed by atoms with Crippen LogP contribution in [-0.2, 0) is 7.05 Å². The van der Waals surface area contributed by atoms with E-state index in [1.54, 1.807) is 13.2 Å². The van der Waals surface area contributed by atoms with Crippen LogP contribution in [0.4, 0.5) is 11.5 Å². The molecule has 7 heteroatoms. The number of hydrogen-bond donors (Lipinski definition) is 1. The molecule has 18 heavy (non-hydrogen) atoms. The van der Waals surface area contributed by atoms with Crippen molar-refractivity contribution in [2.45, 2.75) is 13.0 Å². The molecule has 0 saturated carbocycles. The standard InChI is InChI=1S/C11H13N5O2/c1-8(9-5-3-4-6-12-9)13-11-10(16(17)18)7-15(2)14-11/h3-8H,1-2H3,(H,13,14). The van der Waals surface area contributed by atoms with Crippen molar-refractivity contribution >= 4 is 11.5 Å². The van der Waals surface area contributed by atoms with Gasteiger partial charge < -0.3 is 5.32 Å². The number of pyridine rings is 1. The Hall–Kier alpha value is -2.44. The molecule has 0 radical (unpaired) electrons. The smallest absolute Gasteiger partial charge is 0.330 e. The molecule has 0 aliphatic carbocycles. The van der Waals surface area contributed by atoms with Crippen LogP contribution in [0, 0.1) is 10.1 Å². The van der Waals surface area contributed by atoms with E-state index in [0.717, 1.165) is 5.69 Å². The van der Waals surface area contributed by atoms with Crippen LogP contribution in [0.5, 0.6) is 0 Å². The van der Waals surface area contributed by atoms with Gasteiger partial charge >= 0.3 is 5.69 Å². The molecule has 0 fully saturated rings. The molecule has 2 heterocycles. The van der Waals surface area contributed by atoms with Gasteiger partial charge in [0.2, 0.25) is 5.82 Å². The second-order valence-electron chi connectivity index (χ2n) is 3.91. The predicted octanol–water partition coefficient (Wildman–Crippen LogP) is 1.90. The van der Waals surface area contributed by atoms with Crippen molar-refractivity contribution in [1.82, 2.24) is 14.8 Å². The first-order valence-electron chi connectivity index (χ1n) is 5.43. The summed E-state index contributed by atoms with van der Waals surface area (Å²) in [7, 11) is 1.64. The molecule has 0 aromatic carbocycles. The van der Waals surface area contributed by atoms with Crippen LogP contribution in [0.2, 0.25) is 0 Å². The molecule has 1 atom stereocenters. The molecule has 7 nitrogen and oxygen atoms in total. The van der Waals surface area contributed by atoms with E-state index < -0.39 is 4.92 Å². The van der Waals surface area contributed by atoms with E-state index in [9.17, 15) is 10.1 Å². The summed E-state index contributed by atoms with van der Waals surface area (Å²) in [5, 5.41) is 17.9. The zero-order valence-corrected chi connectivity index (χ0v) is 10.1. The minimum absolute atomic E-state index is 0.0414. The SMILES string of the molecule is CC(Nc1nn(C)cc1[N+](=O)[O-])c1ccccn1. The van der Waals surface area contributed by atoms with Crippen molar-refractivity contribution in [1.29, 1.82) is 0 Å². The third-order valence-electron chi connectivity index (χ3n) is 2.49. The van der Waals surface area contributed by atoms with Crippen LogP contribution in [0.25, 0.3) is 0 Å². The maximum atomic E-state index is 10.8. The predicted molar refractivity (Wildman–Crippen MR) is 66.1 cm³/mol. The number of nitro groups is 1. The van der Waals surface area contributed by atoms with Crippen LogP contribution < -0.4 is 5.32 Å². The van der Waals surface area contributed by atoms with E-state index in [0.29, 0.717) is 0 Å². The van der Waals surface area contributed by atoms with E-state index in [2.05, 4.69) is 15.4 Å². The Balaban J connectivity index is 2.22. The van der Waals surface area contributed by atoms with Crippen LogP contribution in [0.1, 0.15) is 18.7 Å². The zero-order valence-electron chi connectivity index (χ0n) is 10.1. The number of rotatable bonds is 4. The Kier molecular flexibility index (Phi) is 3.22. The Morgan fingerprint density at radius 2 is 2.28 bits per heavy atom. The highest BCUT2D eigenvalue weighted by Gasteiger charge is 2.20. The summed E-state index contributed by atoms with van der Waals surface area (Å²) in [5.74, 6) is 0.251. The second-order valence-corrected chi connectivity index (χ2v) is 3.91. The van der Waals surface area contributed by atoms with Gasteiger partial charge in [-0.3, -0.25) is 19.8 Å². The summed E-state index contributed by atoms with van der Waals surface area (Å²) in [6, 6.07) is 5.39. The molecule has 0 spiro atoms. The molecular weight excluding hydrogens is 234 g/mol. The largest absolute Gasteiger partial charge is 0.355 e. The number of hydrogen-bond acceptors (Lipinski definition) is 5. The fourth-order valence-corrected chi connectivity index (χ4v) is 1.62. The Morgan fingerprint density at radius 1 is 1.50 bits per heavy atom. The molecule has 0 aliphatic rings. The van der Waals surface area contributed by atoms with Gasteiger partial charge in [0, 0.05) is 13.2 Å². The average Bonchev–Trinajstić information content (AvgIpc) is 2.71. The van der Waals surface area contributed by atoms with E-state index in [4.69, 9.17) is 0 Å². The summed E-state index contributed by atoms with van der Waals surface area (Å²) in [6.07, 6.45) is 3.05. The summed E-state index contributed by atoms with van der Waals surface area (Å²) < 4.78 is 1.41. The summed E-state index contributed by atoms with van der Waals surface area (Å²) in [6.45, 7) is 1.88. The van der Waals surface area contributed by atoms with Crippen molar-refractivity contribution in [2.75, 3.05) is 5.32 Å². The minimum Gasteiger partial charge on any atom is -0.355 e. The first kappa shape index (κ1) is 12.0. The summed E-state index contributed by atoms with van der Waals surface area (Å²) in [4.78, 5) is 14.6. The van der Waals surface area contributed by atoms with Gasteiger partial charge in [-0.25, -0.2) is 0 Å². The quantitative estimate of drug-likeness (QED) is 0.658. The fraction of sp³-hybridized carbons (Fsp3) is 0.273. The van der Waals surface area contributed by atoms with Gasteiger partial charge in [-0.05, 0) is 19.1 Å². The van der Waals surface area contributed by atoms with E-state index >= 15 is 0 Å². The molecule has 2 rings (SSSR count). The van der Waals surface area contributed by atoms with Gasteiger partial charge in [0.05, 0.1) is 16.7 Å². The van der Waals surface area contributed by atoms with Crippen LogP contribution in [0.3, 0.4) is 0 Å².